The number of rotatable bonds is 1. The van der Waals surface area contributed by atoms with Crippen LogP contribution in [-0.2, 0) is 0 Å². The number of allylic oxidation sites excluding steroid dienone is 1. The van der Waals surface area contributed by atoms with Crippen LogP contribution in [0.15, 0.2) is 23.7 Å². The molecule has 1 saturated carbocycles. The van der Waals surface area contributed by atoms with Gasteiger partial charge in [-0.15, -0.1) is 0 Å². The van der Waals surface area contributed by atoms with Crippen LogP contribution in [0.4, 0.5) is 5.82 Å². The first-order valence-electron chi connectivity index (χ1n) is 7.26. The van der Waals surface area contributed by atoms with Crippen molar-refractivity contribution in [2.24, 2.45) is 0 Å². The lowest BCUT2D eigenvalue weighted by Crippen LogP contribution is -2.41. The molecule has 2 aliphatic heterocycles. The lowest BCUT2D eigenvalue weighted by atomic mass is 9.82. The average Bonchev–Trinajstić information content (AvgIpc) is 2.60. The summed E-state index contributed by atoms with van der Waals surface area (Å²) in [5.74, 6) is 0.946. The fourth-order valence-corrected chi connectivity index (χ4v) is 4.05. The highest BCUT2D eigenvalue weighted by molar-refractivity contribution is 6.32. The molecule has 0 spiro atoms. The number of fused-ring (bicyclic) bond motifs is 2. The molecule has 2 saturated heterocycles. The lowest BCUT2D eigenvalue weighted by molar-refractivity contribution is 0.519. The molecule has 2 unspecified atom stereocenters. The molecule has 100 valence electrons. The van der Waals surface area contributed by atoms with Gasteiger partial charge in [0.25, 0.3) is 0 Å². The van der Waals surface area contributed by atoms with Crippen LogP contribution in [-0.4, -0.2) is 22.1 Å². The highest BCUT2D eigenvalue weighted by atomic mass is 35.5. The molecule has 0 aromatic carbocycles. The van der Waals surface area contributed by atoms with E-state index in [1.807, 2.05) is 0 Å². The summed E-state index contributed by atoms with van der Waals surface area (Å²) < 4.78 is 0. The number of halogens is 1. The SMILES string of the molecule is Clc1cncnc1N1C2CCC1CC(=C1CCC1)C2. The smallest absolute Gasteiger partial charge is 0.151 e. The molecule has 4 rings (SSSR count). The number of piperidine rings is 1. The molecule has 2 atom stereocenters. The average molecular weight is 276 g/mol. The van der Waals surface area contributed by atoms with Crippen LogP contribution < -0.4 is 4.90 Å². The number of hydrogen-bond donors (Lipinski definition) is 0. The van der Waals surface area contributed by atoms with Gasteiger partial charge in [0.15, 0.2) is 5.82 Å². The zero-order chi connectivity index (χ0) is 12.8. The third-order valence-electron chi connectivity index (χ3n) is 4.93. The monoisotopic (exact) mass is 275 g/mol. The van der Waals surface area contributed by atoms with Crippen LogP contribution in [0.5, 0.6) is 0 Å². The van der Waals surface area contributed by atoms with Crippen molar-refractivity contribution in [1.29, 1.82) is 0 Å². The van der Waals surface area contributed by atoms with Crippen LogP contribution in [0.2, 0.25) is 5.02 Å². The van der Waals surface area contributed by atoms with Crippen LogP contribution in [0.3, 0.4) is 0 Å². The van der Waals surface area contributed by atoms with Crippen molar-refractivity contribution in [1.82, 2.24) is 9.97 Å². The predicted molar refractivity (Wildman–Crippen MR) is 76.4 cm³/mol. The third kappa shape index (κ3) is 1.86. The Bertz CT molecular complexity index is 518. The van der Waals surface area contributed by atoms with E-state index < -0.39 is 0 Å². The first-order chi connectivity index (χ1) is 9.33. The number of hydrogen-bond acceptors (Lipinski definition) is 3. The van der Waals surface area contributed by atoms with Crippen molar-refractivity contribution in [2.75, 3.05) is 4.90 Å². The standard InChI is InChI=1S/C15H18ClN3/c16-14-8-17-9-18-15(14)19-12-4-5-13(19)7-11(6-12)10-2-1-3-10/h8-9,12-13H,1-7H2. The summed E-state index contributed by atoms with van der Waals surface area (Å²) in [6.45, 7) is 0. The Morgan fingerprint density at radius 3 is 2.42 bits per heavy atom. The van der Waals surface area contributed by atoms with Gasteiger partial charge in [-0.25, -0.2) is 9.97 Å². The van der Waals surface area contributed by atoms with E-state index in [4.69, 9.17) is 11.6 Å². The second-order valence-corrected chi connectivity index (χ2v) is 6.36. The van der Waals surface area contributed by atoms with Gasteiger partial charge in [-0.2, -0.15) is 0 Å². The summed E-state index contributed by atoms with van der Waals surface area (Å²) in [7, 11) is 0. The molecule has 1 aromatic rings. The molecule has 19 heavy (non-hydrogen) atoms. The predicted octanol–water partition coefficient (Wildman–Crippen LogP) is 3.74. The second-order valence-electron chi connectivity index (χ2n) is 5.96. The topological polar surface area (TPSA) is 29.0 Å². The Labute approximate surface area is 118 Å². The van der Waals surface area contributed by atoms with E-state index in [-0.39, 0.29) is 0 Å². The molecule has 0 N–H and O–H groups in total. The van der Waals surface area contributed by atoms with Crippen molar-refractivity contribution in [3.05, 3.63) is 28.7 Å². The fraction of sp³-hybridized carbons (Fsp3) is 0.600. The van der Waals surface area contributed by atoms with Crippen LogP contribution in [0.1, 0.15) is 44.9 Å². The molecule has 3 nitrogen and oxygen atoms in total. The summed E-state index contributed by atoms with van der Waals surface area (Å²) in [6, 6.07) is 1.21. The van der Waals surface area contributed by atoms with Crippen LogP contribution in [0, 0.1) is 0 Å². The van der Waals surface area contributed by atoms with Crippen molar-refractivity contribution < 1.29 is 0 Å². The van der Waals surface area contributed by atoms with Crippen molar-refractivity contribution in [2.45, 2.75) is 57.0 Å². The number of aromatic nitrogens is 2. The van der Waals surface area contributed by atoms with E-state index >= 15 is 0 Å². The lowest BCUT2D eigenvalue weighted by Gasteiger charge is -2.39. The minimum Gasteiger partial charge on any atom is -0.349 e. The Hall–Kier alpha value is -1.09. The molecule has 0 radical (unpaired) electrons. The minimum atomic E-state index is 0.606. The molecule has 3 heterocycles. The first kappa shape index (κ1) is 11.7. The van der Waals surface area contributed by atoms with Crippen LogP contribution in [0.25, 0.3) is 0 Å². The van der Waals surface area contributed by atoms with Gasteiger partial charge in [0, 0.05) is 12.1 Å². The molecule has 2 bridgehead atoms. The fourth-order valence-electron chi connectivity index (χ4n) is 3.85. The Kier molecular flexibility index (Phi) is 2.76. The molecule has 4 heteroatoms. The largest absolute Gasteiger partial charge is 0.349 e. The van der Waals surface area contributed by atoms with Gasteiger partial charge in [0.1, 0.15) is 11.3 Å². The summed E-state index contributed by atoms with van der Waals surface area (Å²) in [5.41, 5.74) is 3.51. The van der Waals surface area contributed by atoms with E-state index in [1.165, 1.54) is 44.9 Å². The van der Waals surface area contributed by atoms with Gasteiger partial charge in [-0.05, 0) is 44.9 Å². The highest BCUT2D eigenvalue weighted by Gasteiger charge is 2.41. The molecule has 0 amide bonds. The van der Waals surface area contributed by atoms with Gasteiger partial charge in [-0.3, -0.25) is 0 Å². The first-order valence-corrected chi connectivity index (χ1v) is 7.64. The van der Waals surface area contributed by atoms with Crippen molar-refractivity contribution in [3.8, 4) is 0 Å². The summed E-state index contributed by atoms with van der Waals surface area (Å²) >= 11 is 6.27. The zero-order valence-corrected chi connectivity index (χ0v) is 11.7. The molecule has 3 fully saturated rings. The molecule has 1 aliphatic carbocycles. The summed E-state index contributed by atoms with van der Waals surface area (Å²) in [4.78, 5) is 10.9. The summed E-state index contributed by atoms with van der Waals surface area (Å²) in [6.07, 6.45) is 12.4. The minimum absolute atomic E-state index is 0.606. The quantitative estimate of drug-likeness (QED) is 0.731. The van der Waals surface area contributed by atoms with E-state index in [0.717, 1.165) is 5.82 Å². The van der Waals surface area contributed by atoms with Gasteiger partial charge in [0.2, 0.25) is 0 Å². The van der Waals surface area contributed by atoms with Gasteiger partial charge in [0.05, 0.1) is 6.20 Å². The summed E-state index contributed by atoms with van der Waals surface area (Å²) in [5, 5.41) is 0.694. The Morgan fingerprint density at radius 1 is 1.11 bits per heavy atom. The Balaban J connectivity index is 1.65. The third-order valence-corrected chi connectivity index (χ3v) is 5.20. The van der Waals surface area contributed by atoms with E-state index in [0.29, 0.717) is 17.1 Å². The second kappa shape index (κ2) is 4.48. The molecule has 1 aromatic heterocycles. The van der Waals surface area contributed by atoms with Crippen molar-refractivity contribution in [3.63, 3.8) is 0 Å². The van der Waals surface area contributed by atoms with Gasteiger partial charge in [-0.1, -0.05) is 22.7 Å². The maximum Gasteiger partial charge on any atom is 0.151 e. The van der Waals surface area contributed by atoms with Crippen molar-refractivity contribution >= 4 is 17.4 Å². The van der Waals surface area contributed by atoms with Gasteiger partial charge >= 0.3 is 0 Å². The maximum atomic E-state index is 6.27. The number of anilines is 1. The van der Waals surface area contributed by atoms with Gasteiger partial charge < -0.3 is 4.90 Å². The normalized spacial score (nSPS) is 29.6. The van der Waals surface area contributed by atoms with E-state index in [9.17, 15) is 0 Å². The maximum absolute atomic E-state index is 6.27. The van der Waals surface area contributed by atoms with E-state index in [2.05, 4.69) is 14.9 Å². The molecule has 3 aliphatic rings. The van der Waals surface area contributed by atoms with Crippen LogP contribution >= 0.6 is 11.6 Å². The molecular weight excluding hydrogens is 258 g/mol. The number of nitrogens with zero attached hydrogens (tertiary/aromatic N) is 3. The Morgan fingerprint density at radius 2 is 1.84 bits per heavy atom. The highest BCUT2D eigenvalue weighted by Crippen LogP contribution is 2.45. The van der Waals surface area contributed by atoms with E-state index in [1.54, 1.807) is 23.7 Å². The zero-order valence-electron chi connectivity index (χ0n) is 11.0. The molecular formula is C15H18ClN3.